The van der Waals surface area contributed by atoms with Crippen molar-refractivity contribution in [2.24, 2.45) is 0 Å². The molecule has 110 valence electrons. The monoisotopic (exact) mass is 283 g/mol. The molecular formula is C18H21NO2. The van der Waals surface area contributed by atoms with Crippen LogP contribution in [0, 0.1) is 0 Å². The highest BCUT2D eigenvalue weighted by Crippen LogP contribution is 2.26. The number of benzene rings is 2. The van der Waals surface area contributed by atoms with Gasteiger partial charge in [-0.2, -0.15) is 0 Å². The topological polar surface area (TPSA) is 41.5 Å². The summed E-state index contributed by atoms with van der Waals surface area (Å²) in [5.74, 6) is 1.77. The number of phenolic OH excluding ortho intramolecular Hbond substituents is 1. The van der Waals surface area contributed by atoms with Gasteiger partial charge in [-0.1, -0.05) is 19.3 Å². The van der Waals surface area contributed by atoms with E-state index in [0.29, 0.717) is 6.04 Å². The summed E-state index contributed by atoms with van der Waals surface area (Å²) in [5.41, 5.74) is 1.15. The molecule has 0 spiro atoms. The third-order valence-corrected chi connectivity index (χ3v) is 3.90. The van der Waals surface area contributed by atoms with E-state index in [4.69, 9.17) is 4.74 Å². The molecule has 0 heterocycles. The van der Waals surface area contributed by atoms with Crippen LogP contribution in [-0.4, -0.2) is 11.1 Å². The Labute approximate surface area is 125 Å². The van der Waals surface area contributed by atoms with E-state index in [9.17, 15) is 5.11 Å². The molecule has 1 fully saturated rings. The average molecular weight is 283 g/mol. The van der Waals surface area contributed by atoms with Crippen molar-refractivity contribution < 1.29 is 9.84 Å². The molecule has 21 heavy (non-hydrogen) atoms. The summed E-state index contributed by atoms with van der Waals surface area (Å²) in [6.45, 7) is 0. The fraction of sp³-hybridized carbons (Fsp3) is 0.333. The lowest BCUT2D eigenvalue weighted by Gasteiger charge is -2.23. The maximum absolute atomic E-state index is 9.25. The summed E-state index contributed by atoms with van der Waals surface area (Å²) < 4.78 is 5.74. The van der Waals surface area contributed by atoms with Crippen LogP contribution < -0.4 is 10.1 Å². The third kappa shape index (κ3) is 3.91. The zero-order chi connectivity index (χ0) is 14.5. The van der Waals surface area contributed by atoms with Gasteiger partial charge in [-0.3, -0.25) is 0 Å². The first kappa shape index (κ1) is 13.8. The molecule has 3 nitrogen and oxygen atoms in total. The van der Waals surface area contributed by atoms with E-state index in [0.717, 1.165) is 17.2 Å². The third-order valence-electron chi connectivity index (χ3n) is 3.90. The average Bonchev–Trinajstić information content (AvgIpc) is 2.53. The molecule has 0 atom stereocenters. The highest BCUT2D eigenvalue weighted by molar-refractivity contribution is 5.48. The Kier molecular flexibility index (Phi) is 4.29. The van der Waals surface area contributed by atoms with Crippen molar-refractivity contribution in [3.63, 3.8) is 0 Å². The minimum Gasteiger partial charge on any atom is -0.508 e. The van der Waals surface area contributed by atoms with Crippen LogP contribution in [0.4, 0.5) is 5.69 Å². The normalized spacial score (nSPS) is 15.6. The number of nitrogens with one attached hydrogen (secondary N) is 1. The van der Waals surface area contributed by atoms with Crippen LogP contribution in [0.5, 0.6) is 17.2 Å². The quantitative estimate of drug-likeness (QED) is 0.836. The highest BCUT2D eigenvalue weighted by atomic mass is 16.5. The Morgan fingerprint density at radius 2 is 1.38 bits per heavy atom. The van der Waals surface area contributed by atoms with Crippen molar-refractivity contribution >= 4 is 5.69 Å². The fourth-order valence-corrected chi connectivity index (χ4v) is 2.75. The summed E-state index contributed by atoms with van der Waals surface area (Å²) in [6, 6.07) is 15.4. The van der Waals surface area contributed by atoms with E-state index >= 15 is 0 Å². The van der Waals surface area contributed by atoms with Gasteiger partial charge in [0.2, 0.25) is 0 Å². The van der Waals surface area contributed by atoms with Gasteiger partial charge in [-0.15, -0.1) is 0 Å². The maximum Gasteiger partial charge on any atom is 0.127 e. The molecule has 0 radical (unpaired) electrons. The molecule has 1 saturated carbocycles. The molecule has 3 heteroatoms. The number of ether oxygens (including phenoxy) is 1. The first-order valence-electron chi connectivity index (χ1n) is 7.63. The number of hydrogen-bond acceptors (Lipinski definition) is 3. The first-order valence-corrected chi connectivity index (χ1v) is 7.63. The van der Waals surface area contributed by atoms with Crippen LogP contribution in [0.25, 0.3) is 0 Å². The lowest BCUT2D eigenvalue weighted by Crippen LogP contribution is -2.21. The second-order valence-corrected chi connectivity index (χ2v) is 5.60. The lowest BCUT2D eigenvalue weighted by atomic mass is 9.95. The molecular weight excluding hydrogens is 262 g/mol. The Balaban J connectivity index is 1.59. The lowest BCUT2D eigenvalue weighted by molar-refractivity contribution is 0.461. The van der Waals surface area contributed by atoms with E-state index in [1.807, 2.05) is 12.1 Å². The van der Waals surface area contributed by atoms with E-state index in [2.05, 4.69) is 17.4 Å². The van der Waals surface area contributed by atoms with Crippen molar-refractivity contribution in [2.45, 2.75) is 38.1 Å². The highest BCUT2D eigenvalue weighted by Gasteiger charge is 2.12. The van der Waals surface area contributed by atoms with Gasteiger partial charge in [0.1, 0.15) is 17.2 Å². The maximum atomic E-state index is 9.25. The summed E-state index contributed by atoms with van der Waals surface area (Å²) >= 11 is 0. The van der Waals surface area contributed by atoms with Gasteiger partial charge in [0, 0.05) is 11.7 Å². The molecule has 2 aromatic carbocycles. The number of hydrogen-bond donors (Lipinski definition) is 2. The molecule has 0 saturated heterocycles. The zero-order valence-electron chi connectivity index (χ0n) is 12.1. The van der Waals surface area contributed by atoms with Crippen molar-refractivity contribution in [2.75, 3.05) is 5.32 Å². The minimum absolute atomic E-state index is 0.245. The van der Waals surface area contributed by atoms with Gasteiger partial charge >= 0.3 is 0 Å². The summed E-state index contributed by atoms with van der Waals surface area (Å²) in [6.07, 6.45) is 6.58. The number of rotatable bonds is 4. The smallest absolute Gasteiger partial charge is 0.127 e. The second kappa shape index (κ2) is 6.53. The van der Waals surface area contributed by atoms with E-state index in [-0.39, 0.29) is 5.75 Å². The summed E-state index contributed by atoms with van der Waals surface area (Å²) in [5, 5.41) is 12.8. The van der Waals surface area contributed by atoms with Gasteiger partial charge in [0.25, 0.3) is 0 Å². The SMILES string of the molecule is Oc1ccc(Oc2ccc(NC3CCCCC3)cc2)cc1. The van der Waals surface area contributed by atoms with Gasteiger partial charge in [-0.05, 0) is 61.4 Å². The molecule has 0 amide bonds. The van der Waals surface area contributed by atoms with Crippen molar-refractivity contribution in [1.82, 2.24) is 0 Å². The molecule has 1 aliphatic carbocycles. The van der Waals surface area contributed by atoms with Gasteiger partial charge < -0.3 is 15.2 Å². The van der Waals surface area contributed by atoms with Crippen LogP contribution in [-0.2, 0) is 0 Å². The molecule has 0 unspecified atom stereocenters. The number of phenols is 1. The first-order chi connectivity index (χ1) is 10.3. The second-order valence-electron chi connectivity index (χ2n) is 5.60. The van der Waals surface area contributed by atoms with Crippen LogP contribution in [0.15, 0.2) is 48.5 Å². The van der Waals surface area contributed by atoms with Crippen molar-refractivity contribution in [1.29, 1.82) is 0 Å². The standard InChI is InChI=1S/C18H21NO2/c20-16-8-12-18(13-9-16)21-17-10-6-15(7-11-17)19-14-4-2-1-3-5-14/h6-14,19-20H,1-5H2. The predicted octanol–water partition coefficient (Wildman–Crippen LogP) is 4.93. The fourth-order valence-electron chi connectivity index (χ4n) is 2.75. The molecule has 0 aliphatic heterocycles. The van der Waals surface area contributed by atoms with Crippen LogP contribution >= 0.6 is 0 Å². The van der Waals surface area contributed by atoms with Gasteiger partial charge in [0.05, 0.1) is 0 Å². The van der Waals surface area contributed by atoms with Crippen LogP contribution in [0.1, 0.15) is 32.1 Å². The van der Waals surface area contributed by atoms with Crippen molar-refractivity contribution in [3.05, 3.63) is 48.5 Å². The predicted molar refractivity (Wildman–Crippen MR) is 85.1 cm³/mol. The van der Waals surface area contributed by atoms with E-state index in [1.54, 1.807) is 24.3 Å². The number of aromatic hydroxyl groups is 1. The number of anilines is 1. The van der Waals surface area contributed by atoms with Crippen LogP contribution in [0.2, 0.25) is 0 Å². The molecule has 3 rings (SSSR count). The Hall–Kier alpha value is -2.16. The Bertz CT molecular complexity index is 557. The zero-order valence-corrected chi connectivity index (χ0v) is 12.1. The van der Waals surface area contributed by atoms with Gasteiger partial charge in [-0.25, -0.2) is 0 Å². The summed E-state index contributed by atoms with van der Waals surface area (Å²) in [7, 11) is 0. The van der Waals surface area contributed by atoms with Gasteiger partial charge in [0.15, 0.2) is 0 Å². The molecule has 2 aromatic rings. The summed E-state index contributed by atoms with van der Waals surface area (Å²) in [4.78, 5) is 0. The Morgan fingerprint density at radius 3 is 2.00 bits per heavy atom. The molecule has 0 bridgehead atoms. The van der Waals surface area contributed by atoms with E-state index < -0.39 is 0 Å². The van der Waals surface area contributed by atoms with Crippen molar-refractivity contribution in [3.8, 4) is 17.2 Å². The molecule has 0 aromatic heterocycles. The molecule has 2 N–H and O–H groups in total. The molecule has 1 aliphatic rings. The van der Waals surface area contributed by atoms with E-state index in [1.165, 1.54) is 32.1 Å². The Morgan fingerprint density at radius 1 is 0.810 bits per heavy atom. The largest absolute Gasteiger partial charge is 0.508 e. The minimum atomic E-state index is 0.245. The van der Waals surface area contributed by atoms with Crippen LogP contribution in [0.3, 0.4) is 0 Å².